The van der Waals surface area contributed by atoms with Crippen molar-refractivity contribution in [3.63, 3.8) is 0 Å². The first kappa shape index (κ1) is 33.3. The van der Waals surface area contributed by atoms with Gasteiger partial charge < -0.3 is 25.1 Å². The zero-order valence-corrected chi connectivity index (χ0v) is 21.2. The van der Waals surface area contributed by atoms with Crippen LogP contribution in [0.1, 0.15) is 50.7 Å². The Labute approximate surface area is 205 Å². The highest BCUT2D eigenvalue weighted by molar-refractivity contribution is 5.67. The minimum Gasteiger partial charge on any atom is -0.494 e. The molecular weight excluding hydrogens is 434 g/mol. The molecule has 3 N–H and O–H groups in total. The highest BCUT2D eigenvalue weighted by Crippen LogP contribution is 2.12. The van der Waals surface area contributed by atoms with Gasteiger partial charge in [0.25, 0.3) is 0 Å². The number of nitrogens with two attached hydrogens (primary N) is 1. The monoisotopic (exact) mass is 477 g/mol. The summed E-state index contributed by atoms with van der Waals surface area (Å²) in [6.07, 6.45) is 4.07. The maximum Gasteiger partial charge on any atom is 0.329 e. The summed E-state index contributed by atoms with van der Waals surface area (Å²) >= 11 is 0. The molecule has 2 aromatic rings. The maximum absolute atomic E-state index is 10.2. The molecule has 0 radical (unpaired) electrons. The van der Waals surface area contributed by atoms with Gasteiger partial charge in [0.2, 0.25) is 6.41 Å². The molecule has 0 bridgehead atoms. The van der Waals surface area contributed by atoms with Gasteiger partial charge in [-0.15, -0.1) is 0 Å². The van der Waals surface area contributed by atoms with Crippen LogP contribution in [0.5, 0.6) is 5.75 Å². The summed E-state index contributed by atoms with van der Waals surface area (Å²) in [5.74, 6) is -0.00795. The molecule has 0 aliphatic rings. The normalized spacial score (nSPS) is 9.18. The van der Waals surface area contributed by atoms with Gasteiger partial charge in [-0.3, -0.25) is 4.79 Å². The van der Waals surface area contributed by atoms with Gasteiger partial charge in [0.1, 0.15) is 12.4 Å². The standard InChI is InChI=1S/C17H26O5.C7H8.C2H6.CH3NO/c1-15-7-5-8-16(13-15)22-12-4-2-3-9-20-10-6-11-21-14-17(18)19;1-7-5-3-2-4-6-7;1-2;2-1-3/h5,7-8,13H,2-4,6,9-12,14H2,1H3,(H,18,19);2-6H,1H3;1-2H3;1H,(H2,2,3). The van der Waals surface area contributed by atoms with Gasteiger partial charge >= 0.3 is 5.97 Å². The third kappa shape index (κ3) is 25.4. The molecule has 7 heteroatoms. The summed E-state index contributed by atoms with van der Waals surface area (Å²) in [4.78, 5) is 18.8. The van der Waals surface area contributed by atoms with Gasteiger partial charge in [0, 0.05) is 19.8 Å². The average molecular weight is 478 g/mol. The maximum atomic E-state index is 10.2. The fraction of sp³-hybridized carbons (Fsp3) is 0.481. The topological polar surface area (TPSA) is 108 Å². The highest BCUT2D eigenvalue weighted by atomic mass is 16.5. The molecule has 0 heterocycles. The number of carboxylic acids is 1. The Bertz CT molecular complexity index is 709. The Kier molecular flexibility index (Phi) is 25.8. The molecule has 0 aliphatic heterocycles. The predicted octanol–water partition coefficient (Wildman–Crippen LogP) is 5.17. The second kappa shape index (κ2) is 26.4. The number of hydrogen-bond acceptors (Lipinski definition) is 5. The Morgan fingerprint density at radius 2 is 1.38 bits per heavy atom. The fourth-order valence-electron chi connectivity index (χ4n) is 2.44. The van der Waals surface area contributed by atoms with Crippen molar-refractivity contribution in [1.82, 2.24) is 0 Å². The summed E-state index contributed by atoms with van der Waals surface area (Å²) in [5, 5.41) is 8.38. The molecule has 2 aromatic carbocycles. The van der Waals surface area contributed by atoms with Crippen molar-refractivity contribution >= 4 is 12.4 Å². The Hall–Kier alpha value is -2.90. The lowest BCUT2D eigenvalue weighted by Crippen LogP contribution is -2.09. The number of rotatable bonds is 13. The number of unbranched alkanes of at least 4 members (excludes halogenated alkanes) is 2. The van der Waals surface area contributed by atoms with Crippen LogP contribution < -0.4 is 10.5 Å². The van der Waals surface area contributed by atoms with Gasteiger partial charge in [0.15, 0.2) is 0 Å². The van der Waals surface area contributed by atoms with E-state index in [0.29, 0.717) is 13.2 Å². The number of aryl methyl sites for hydroxylation is 2. The van der Waals surface area contributed by atoms with Crippen LogP contribution in [0.15, 0.2) is 54.6 Å². The quantitative estimate of drug-likeness (QED) is 0.304. The molecule has 0 unspecified atom stereocenters. The number of carboxylic acid groups (broad SMARTS) is 1. The van der Waals surface area contributed by atoms with Crippen molar-refractivity contribution in [2.45, 2.75) is 53.4 Å². The van der Waals surface area contributed by atoms with E-state index < -0.39 is 5.97 Å². The first-order valence-electron chi connectivity index (χ1n) is 11.7. The Morgan fingerprint density at radius 3 is 1.94 bits per heavy atom. The molecule has 0 aromatic heterocycles. The predicted molar refractivity (Wildman–Crippen MR) is 137 cm³/mol. The summed E-state index contributed by atoms with van der Waals surface area (Å²) in [7, 11) is 0. The van der Waals surface area contributed by atoms with E-state index in [4.69, 9.17) is 24.1 Å². The molecule has 192 valence electrons. The largest absolute Gasteiger partial charge is 0.494 e. The Morgan fingerprint density at radius 1 is 0.824 bits per heavy atom. The number of amides is 1. The van der Waals surface area contributed by atoms with Gasteiger partial charge in [-0.1, -0.05) is 61.9 Å². The molecule has 0 saturated heterocycles. The zero-order valence-electron chi connectivity index (χ0n) is 21.2. The molecule has 0 aliphatic carbocycles. The van der Waals surface area contributed by atoms with Crippen molar-refractivity contribution in [2.24, 2.45) is 5.73 Å². The number of primary amides is 1. The average Bonchev–Trinajstić information content (AvgIpc) is 2.82. The first-order chi connectivity index (χ1) is 16.5. The van der Waals surface area contributed by atoms with Gasteiger partial charge in [-0.25, -0.2) is 4.79 Å². The van der Waals surface area contributed by atoms with Crippen LogP contribution in [-0.4, -0.2) is 50.5 Å². The number of carbonyl (C=O) groups excluding carboxylic acids is 1. The SMILES string of the molecule is CC.Cc1cccc(OCCCCCOCCCOCC(=O)O)c1.Cc1ccccc1.NC=O. The van der Waals surface area contributed by atoms with E-state index in [1.54, 1.807) is 0 Å². The number of carbonyl (C=O) groups is 2. The fourth-order valence-corrected chi connectivity index (χ4v) is 2.44. The zero-order chi connectivity index (χ0) is 25.9. The molecule has 2 rings (SSSR count). The molecule has 0 spiro atoms. The van der Waals surface area contributed by atoms with Crippen LogP contribution in [0.25, 0.3) is 0 Å². The first-order valence-corrected chi connectivity index (χ1v) is 11.7. The van der Waals surface area contributed by atoms with Crippen molar-refractivity contribution in [3.8, 4) is 5.75 Å². The minimum absolute atomic E-state index is 0.235. The number of hydrogen-bond donors (Lipinski definition) is 2. The van der Waals surface area contributed by atoms with Crippen LogP contribution in [0.3, 0.4) is 0 Å². The minimum atomic E-state index is -0.936. The summed E-state index contributed by atoms with van der Waals surface area (Å²) in [6, 6.07) is 18.3. The van der Waals surface area contributed by atoms with Crippen molar-refractivity contribution in [2.75, 3.05) is 33.0 Å². The molecule has 0 saturated carbocycles. The van der Waals surface area contributed by atoms with Crippen LogP contribution in [0.2, 0.25) is 0 Å². The van der Waals surface area contributed by atoms with Gasteiger partial charge in [-0.05, 0) is 57.2 Å². The molecule has 7 nitrogen and oxygen atoms in total. The molecule has 34 heavy (non-hydrogen) atoms. The van der Waals surface area contributed by atoms with E-state index in [-0.39, 0.29) is 13.0 Å². The van der Waals surface area contributed by atoms with Crippen LogP contribution in [-0.2, 0) is 19.1 Å². The molecular formula is C27H43NO6. The lowest BCUT2D eigenvalue weighted by molar-refractivity contribution is -0.142. The van der Waals surface area contributed by atoms with Crippen LogP contribution >= 0.6 is 0 Å². The molecule has 0 atom stereocenters. The van der Waals surface area contributed by atoms with Gasteiger partial charge in [-0.2, -0.15) is 0 Å². The number of aliphatic carboxylic acids is 1. The third-order valence-corrected chi connectivity index (χ3v) is 3.93. The van der Waals surface area contributed by atoms with E-state index >= 15 is 0 Å². The van der Waals surface area contributed by atoms with Crippen molar-refractivity contribution in [3.05, 3.63) is 65.7 Å². The highest BCUT2D eigenvalue weighted by Gasteiger charge is 1.97. The summed E-state index contributed by atoms with van der Waals surface area (Å²) in [5.41, 5.74) is 6.70. The summed E-state index contributed by atoms with van der Waals surface area (Å²) in [6.45, 7) is 10.4. The van der Waals surface area contributed by atoms with Crippen LogP contribution in [0, 0.1) is 13.8 Å². The molecule has 1 amide bonds. The van der Waals surface area contributed by atoms with E-state index in [1.165, 1.54) is 11.1 Å². The second-order valence-electron chi connectivity index (χ2n) is 6.93. The van der Waals surface area contributed by atoms with Crippen LogP contribution in [0.4, 0.5) is 0 Å². The smallest absolute Gasteiger partial charge is 0.329 e. The van der Waals surface area contributed by atoms with Gasteiger partial charge in [0.05, 0.1) is 6.61 Å². The number of benzene rings is 2. The van der Waals surface area contributed by atoms with E-state index in [1.807, 2.05) is 50.2 Å². The number of ether oxygens (including phenoxy) is 3. The third-order valence-electron chi connectivity index (χ3n) is 3.93. The van der Waals surface area contributed by atoms with E-state index in [9.17, 15) is 4.79 Å². The van der Waals surface area contributed by atoms with E-state index in [2.05, 4.69) is 37.8 Å². The van der Waals surface area contributed by atoms with Crippen molar-refractivity contribution in [1.29, 1.82) is 0 Å². The van der Waals surface area contributed by atoms with Crippen molar-refractivity contribution < 1.29 is 28.9 Å². The molecule has 0 fully saturated rings. The summed E-state index contributed by atoms with van der Waals surface area (Å²) < 4.78 is 16.0. The van der Waals surface area contributed by atoms with E-state index in [0.717, 1.165) is 44.6 Å². The Balaban J connectivity index is 0. The second-order valence-corrected chi connectivity index (χ2v) is 6.93. The lowest BCUT2D eigenvalue weighted by atomic mass is 10.2. The lowest BCUT2D eigenvalue weighted by Gasteiger charge is -2.07.